The highest BCUT2D eigenvalue weighted by atomic mass is 35.5. The zero-order valence-electron chi connectivity index (χ0n) is 14.8. The number of halogens is 1. The van der Waals surface area contributed by atoms with Crippen molar-refractivity contribution >= 4 is 24.5 Å². The van der Waals surface area contributed by atoms with E-state index in [4.69, 9.17) is 19.9 Å². The van der Waals surface area contributed by atoms with E-state index in [2.05, 4.69) is 10.5 Å². The Morgan fingerprint density at radius 3 is 2.23 bits per heavy atom. The molecule has 0 atom stereocenters. The van der Waals surface area contributed by atoms with E-state index in [1.54, 1.807) is 43.5 Å². The molecule has 0 aromatic heterocycles. The Morgan fingerprint density at radius 1 is 1.04 bits per heavy atom. The van der Waals surface area contributed by atoms with Gasteiger partial charge in [0, 0.05) is 17.7 Å². The summed E-state index contributed by atoms with van der Waals surface area (Å²) < 4.78 is 15.9. The van der Waals surface area contributed by atoms with Crippen LogP contribution in [0.1, 0.15) is 21.5 Å². The van der Waals surface area contributed by atoms with Gasteiger partial charge in [0.2, 0.25) is 5.75 Å². The molecule has 0 bridgehead atoms. The van der Waals surface area contributed by atoms with Gasteiger partial charge in [0.15, 0.2) is 11.5 Å². The quantitative estimate of drug-likeness (QED) is 0.568. The third-order valence-electron chi connectivity index (χ3n) is 3.56. The van der Waals surface area contributed by atoms with Crippen LogP contribution in [0.5, 0.6) is 17.2 Å². The van der Waals surface area contributed by atoms with Gasteiger partial charge in [0.25, 0.3) is 5.91 Å². The van der Waals surface area contributed by atoms with Gasteiger partial charge in [-0.25, -0.2) is 5.43 Å². The predicted octanol–water partition coefficient (Wildman–Crippen LogP) is 2.36. The van der Waals surface area contributed by atoms with Gasteiger partial charge < -0.3 is 19.9 Å². The minimum atomic E-state index is -0.320. The summed E-state index contributed by atoms with van der Waals surface area (Å²) in [7, 11) is 4.58. The Kier molecular flexibility index (Phi) is 8.41. The first-order valence-electron chi connectivity index (χ1n) is 7.56. The van der Waals surface area contributed by atoms with Crippen molar-refractivity contribution in [2.75, 3.05) is 21.3 Å². The summed E-state index contributed by atoms with van der Waals surface area (Å²) in [4.78, 5) is 12.1. The maximum Gasteiger partial charge on any atom is 0.271 e. The molecule has 0 radical (unpaired) electrons. The van der Waals surface area contributed by atoms with E-state index in [1.807, 2.05) is 0 Å². The summed E-state index contributed by atoms with van der Waals surface area (Å²) in [5, 5.41) is 3.97. The maximum absolute atomic E-state index is 12.1. The number of carbonyl (C=O) groups is 1. The zero-order chi connectivity index (χ0) is 18.2. The Morgan fingerprint density at radius 2 is 1.69 bits per heavy atom. The van der Waals surface area contributed by atoms with Crippen LogP contribution >= 0.6 is 12.4 Å². The molecular formula is C18H22ClN3O4. The number of hydrazone groups is 1. The Bertz CT molecular complexity index is 764. The fourth-order valence-electron chi connectivity index (χ4n) is 2.24. The molecule has 0 saturated heterocycles. The van der Waals surface area contributed by atoms with Crippen LogP contribution in [-0.4, -0.2) is 33.5 Å². The van der Waals surface area contributed by atoms with Crippen LogP contribution in [-0.2, 0) is 6.54 Å². The van der Waals surface area contributed by atoms with E-state index < -0.39 is 0 Å². The average Bonchev–Trinajstić information content (AvgIpc) is 2.67. The number of ether oxygens (including phenoxy) is 3. The summed E-state index contributed by atoms with van der Waals surface area (Å²) >= 11 is 0. The lowest BCUT2D eigenvalue weighted by atomic mass is 10.1. The number of rotatable bonds is 7. The lowest BCUT2D eigenvalue weighted by molar-refractivity contribution is 0.0955. The number of carbonyl (C=O) groups excluding carboxylic acids is 1. The molecule has 0 saturated carbocycles. The van der Waals surface area contributed by atoms with Gasteiger partial charge >= 0.3 is 0 Å². The zero-order valence-corrected chi connectivity index (χ0v) is 15.6. The van der Waals surface area contributed by atoms with Crippen LogP contribution in [0.4, 0.5) is 0 Å². The van der Waals surface area contributed by atoms with Crippen molar-refractivity contribution in [3.63, 3.8) is 0 Å². The number of benzene rings is 2. The maximum atomic E-state index is 12.1. The summed E-state index contributed by atoms with van der Waals surface area (Å²) in [5.41, 5.74) is 10.1. The van der Waals surface area contributed by atoms with Crippen LogP contribution in [0.3, 0.4) is 0 Å². The second-order valence-electron chi connectivity index (χ2n) is 5.02. The Balaban J connectivity index is 0.00000338. The highest BCUT2D eigenvalue weighted by Crippen LogP contribution is 2.38. The highest BCUT2D eigenvalue weighted by Gasteiger charge is 2.14. The fourth-order valence-corrected chi connectivity index (χ4v) is 2.24. The molecule has 0 spiro atoms. The second kappa shape index (κ2) is 10.3. The van der Waals surface area contributed by atoms with Gasteiger partial charge in [-0.1, -0.05) is 12.1 Å². The van der Waals surface area contributed by atoms with E-state index in [-0.39, 0.29) is 18.3 Å². The van der Waals surface area contributed by atoms with Crippen molar-refractivity contribution in [3.8, 4) is 17.2 Å². The van der Waals surface area contributed by atoms with Crippen LogP contribution in [0, 0.1) is 0 Å². The lowest BCUT2D eigenvalue weighted by Gasteiger charge is -2.13. The summed E-state index contributed by atoms with van der Waals surface area (Å²) in [6.45, 7) is 0.430. The number of hydrogen-bond donors (Lipinski definition) is 2. The third-order valence-corrected chi connectivity index (χ3v) is 3.56. The van der Waals surface area contributed by atoms with Crippen molar-refractivity contribution in [1.29, 1.82) is 0 Å². The molecule has 0 aliphatic rings. The van der Waals surface area contributed by atoms with E-state index in [9.17, 15) is 4.79 Å². The minimum absolute atomic E-state index is 0. The molecule has 3 N–H and O–H groups in total. The molecule has 2 aromatic rings. The first kappa shape index (κ1) is 21.3. The molecular weight excluding hydrogens is 358 g/mol. The SMILES string of the molecule is COc1ccc(C=NNC(=O)c2ccc(CN)cc2)c(OC)c1OC.Cl. The molecule has 0 heterocycles. The number of nitrogens with one attached hydrogen (secondary N) is 1. The average molecular weight is 380 g/mol. The smallest absolute Gasteiger partial charge is 0.271 e. The number of amides is 1. The molecule has 140 valence electrons. The first-order chi connectivity index (χ1) is 12.1. The van der Waals surface area contributed by atoms with Gasteiger partial charge in [-0.2, -0.15) is 5.10 Å². The van der Waals surface area contributed by atoms with Gasteiger partial charge in [0.1, 0.15) is 0 Å². The number of nitrogens with two attached hydrogens (primary N) is 1. The molecule has 1 amide bonds. The van der Waals surface area contributed by atoms with Crippen molar-refractivity contribution in [1.82, 2.24) is 5.43 Å². The molecule has 8 heteroatoms. The largest absolute Gasteiger partial charge is 0.493 e. The number of methoxy groups -OCH3 is 3. The molecule has 0 unspecified atom stereocenters. The van der Waals surface area contributed by atoms with Crippen molar-refractivity contribution in [3.05, 3.63) is 53.1 Å². The molecule has 0 aliphatic carbocycles. The molecule has 2 aromatic carbocycles. The van der Waals surface area contributed by atoms with Gasteiger partial charge in [-0.3, -0.25) is 4.79 Å². The molecule has 7 nitrogen and oxygen atoms in total. The van der Waals surface area contributed by atoms with Crippen LogP contribution < -0.4 is 25.4 Å². The summed E-state index contributed by atoms with van der Waals surface area (Å²) in [6.07, 6.45) is 1.48. The summed E-state index contributed by atoms with van der Waals surface area (Å²) in [6, 6.07) is 10.5. The Hall–Kier alpha value is -2.77. The monoisotopic (exact) mass is 379 g/mol. The van der Waals surface area contributed by atoms with Gasteiger partial charge in [-0.15, -0.1) is 12.4 Å². The first-order valence-corrected chi connectivity index (χ1v) is 7.56. The van der Waals surface area contributed by atoms with Crippen LogP contribution in [0.15, 0.2) is 41.5 Å². The number of nitrogens with zero attached hydrogens (tertiary/aromatic N) is 1. The topological polar surface area (TPSA) is 95.2 Å². The molecule has 0 aliphatic heterocycles. The molecule has 26 heavy (non-hydrogen) atoms. The van der Waals surface area contributed by atoms with E-state index in [0.29, 0.717) is 34.9 Å². The van der Waals surface area contributed by atoms with Crippen LogP contribution in [0.2, 0.25) is 0 Å². The minimum Gasteiger partial charge on any atom is -0.493 e. The lowest BCUT2D eigenvalue weighted by Crippen LogP contribution is -2.17. The van der Waals surface area contributed by atoms with Crippen LogP contribution in [0.25, 0.3) is 0 Å². The van der Waals surface area contributed by atoms with Gasteiger partial charge in [-0.05, 0) is 29.8 Å². The van der Waals surface area contributed by atoms with E-state index >= 15 is 0 Å². The molecule has 2 rings (SSSR count). The normalized spacial score (nSPS) is 10.2. The van der Waals surface area contributed by atoms with E-state index in [0.717, 1.165) is 5.56 Å². The summed E-state index contributed by atoms with van der Waals surface area (Å²) in [5.74, 6) is 1.14. The van der Waals surface area contributed by atoms with Gasteiger partial charge in [0.05, 0.1) is 27.5 Å². The predicted molar refractivity (Wildman–Crippen MR) is 103 cm³/mol. The van der Waals surface area contributed by atoms with Crippen molar-refractivity contribution < 1.29 is 19.0 Å². The fraction of sp³-hybridized carbons (Fsp3) is 0.222. The second-order valence-corrected chi connectivity index (χ2v) is 5.02. The van der Waals surface area contributed by atoms with Crippen molar-refractivity contribution in [2.24, 2.45) is 10.8 Å². The Labute approximate surface area is 158 Å². The number of hydrogen-bond acceptors (Lipinski definition) is 6. The molecule has 0 fully saturated rings. The third kappa shape index (κ3) is 4.87. The highest BCUT2D eigenvalue weighted by molar-refractivity contribution is 5.95. The van der Waals surface area contributed by atoms with E-state index in [1.165, 1.54) is 20.4 Å². The van der Waals surface area contributed by atoms with Crippen molar-refractivity contribution in [2.45, 2.75) is 6.54 Å². The standard InChI is InChI=1S/C18H21N3O4.ClH/c1-23-15-9-8-14(16(24-2)17(15)25-3)11-20-21-18(22)13-6-4-12(10-19)5-7-13;/h4-9,11H,10,19H2,1-3H3,(H,21,22);1H.